The molecule has 3 heterocycles. The molecule has 0 N–H and O–H groups in total. The van der Waals surface area contributed by atoms with Crippen molar-refractivity contribution in [2.24, 2.45) is 0 Å². The molecule has 0 saturated heterocycles. The number of hydrogen-bond donors (Lipinski definition) is 0. The van der Waals surface area contributed by atoms with Crippen LogP contribution in [0.3, 0.4) is 0 Å². The summed E-state index contributed by atoms with van der Waals surface area (Å²) in [4.78, 5) is 8.79. The molecule has 0 spiro atoms. The molecule has 0 aliphatic carbocycles. The minimum Gasteiger partial charge on any atom is -0.216 e. The first-order valence-corrected chi connectivity index (χ1v) is 6.90. The first-order chi connectivity index (χ1) is 10.1. The largest absolute Gasteiger partial charge is 0.216 e. The molecule has 0 unspecified atom stereocenters. The van der Waals surface area contributed by atoms with Gasteiger partial charge in [-0.05, 0) is 25.1 Å². The zero-order valence-corrected chi connectivity index (χ0v) is 12.3. The number of hydrogen-bond acceptors (Lipinski definition) is 4. The molecular formula is C13H8Cl2N6. The van der Waals surface area contributed by atoms with E-state index < -0.39 is 0 Å². The first kappa shape index (κ1) is 12.6. The summed E-state index contributed by atoms with van der Waals surface area (Å²) >= 11 is 12.0. The summed E-state index contributed by atoms with van der Waals surface area (Å²) in [5, 5.41) is 10.4. The van der Waals surface area contributed by atoms with E-state index in [1.54, 1.807) is 33.9 Å². The highest BCUT2D eigenvalue weighted by atomic mass is 35.5. The minimum atomic E-state index is 0.470. The lowest BCUT2D eigenvalue weighted by Crippen LogP contribution is -1.99. The van der Waals surface area contributed by atoms with E-state index in [4.69, 9.17) is 23.2 Å². The fraction of sp³-hybridized carbons (Fsp3) is 0.0769. The van der Waals surface area contributed by atoms with Gasteiger partial charge in [0.2, 0.25) is 0 Å². The molecule has 0 saturated carbocycles. The van der Waals surface area contributed by atoms with Gasteiger partial charge < -0.3 is 0 Å². The van der Waals surface area contributed by atoms with E-state index in [9.17, 15) is 0 Å². The van der Waals surface area contributed by atoms with Gasteiger partial charge in [-0.3, -0.25) is 0 Å². The Kier molecular flexibility index (Phi) is 2.63. The van der Waals surface area contributed by atoms with E-state index in [0.29, 0.717) is 21.5 Å². The number of rotatable bonds is 1. The van der Waals surface area contributed by atoms with Gasteiger partial charge >= 0.3 is 0 Å². The van der Waals surface area contributed by atoms with Gasteiger partial charge in [-0.1, -0.05) is 23.2 Å². The Labute approximate surface area is 128 Å². The van der Waals surface area contributed by atoms with Crippen LogP contribution in [0.5, 0.6) is 0 Å². The maximum absolute atomic E-state index is 6.06. The third-order valence-corrected chi connectivity index (χ3v) is 3.90. The molecule has 21 heavy (non-hydrogen) atoms. The molecule has 0 fully saturated rings. The summed E-state index contributed by atoms with van der Waals surface area (Å²) in [6.45, 7) is 1.84. The Morgan fingerprint density at radius 2 is 1.95 bits per heavy atom. The molecule has 0 aliphatic heterocycles. The van der Waals surface area contributed by atoms with Crippen molar-refractivity contribution in [2.45, 2.75) is 6.92 Å². The van der Waals surface area contributed by atoms with Gasteiger partial charge in [0.05, 0.1) is 27.3 Å². The molecular weight excluding hydrogens is 311 g/mol. The third-order valence-electron chi connectivity index (χ3n) is 3.16. The van der Waals surface area contributed by atoms with Gasteiger partial charge in [0.1, 0.15) is 12.2 Å². The van der Waals surface area contributed by atoms with E-state index in [-0.39, 0.29) is 0 Å². The van der Waals surface area contributed by atoms with Crippen LogP contribution in [0.25, 0.3) is 22.4 Å². The van der Waals surface area contributed by atoms with Crippen LogP contribution < -0.4 is 0 Å². The fourth-order valence-corrected chi connectivity index (χ4v) is 2.53. The van der Waals surface area contributed by atoms with Gasteiger partial charge in [-0.25, -0.2) is 19.2 Å². The Morgan fingerprint density at radius 1 is 1.10 bits per heavy atom. The van der Waals surface area contributed by atoms with Gasteiger partial charge in [0, 0.05) is 0 Å². The van der Waals surface area contributed by atoms with Gasteiger partial charge in [0.15, 0.2) is 11.3 Å². The molecule has 0 radical (unpaired) electrons. The van der Waals surface area contributed by atoms with Crippen LogP contribution in [0, 0.1) is 6.92 Å². The first-order valence-electron chi connectivity index (χ1n) is 6.14. The third kappa shape index (κ3) is 1.87. The van der Waals surface area contributed by atoms with Gasteiger partial charge in [-0.2, -0.15) is 10.2 Å². The Hall–Kier alpha value is -2.18. The molecule has 4 rings (SSSR count). The molecule has 3 aromatic heterocycles. The fourth-order valence-electron chi connectivity index (χ4n) is 2.23. The topological polar surface area (TPSA) is 60.9 Å². The summed E-state index contributed by atoms with van der Waals surface area (Å²) in [7, 11) is 0. The van der Waals surface area contributed by atoms with Crippen molar-refractivity contribution in [1.29, 1.82) is 0 Å². The Bertz CT molecular complexity index is 987. The van der Waals surface area contributed by atoms with Crippen molar-refractivity contribution in [3.63, 3.8) is 0 Å². The van der Waals surface area contributed by atoms with Gasteiger partial charge in [0.25, 0.3) is 0 Å². The molecule has 4 aromatic rings. The van der Waals surface area contributed by atoms with E-state index in [1.807, 2.05) is 13.0 Å². The van der Waals surface area contributed by atoms with Crippen LogP contribution in [0.2, 0.25) is 10.0 Å². The molecule has 0 aliphatic rings. The quantitative estimate of drug-likeness (QED) is 0.541. The van der Waals surface area contributed by atoms with Crippen molar-refractivity contribution in [3.8, 4) is 5.69 Å². The summed E-state index contributed by atoms with van der Waals surface area (Å²) in [6, 6.07) is 5.31. The second-order valence-corrected chi connectivity index (χ2v) is 5.38. The Morgan fingerprint density at radius 3 is 2.76 bits per heavy atom. The Balaban J connectivity index is 2.01. The SMILES string of the molecule is Cc1nc2c3cnn(-c4ccc(Cl)c(Cl)c4)c3ncn2n1. The highest BCUT2D eigenvalue weighted by molar-refractivity contribution is 6.42. The van der Waals surface area contributed by atoms with Crippen LogP contribution in [-0.2, 0) is 0 Å². The summed E-state index contributed by atoms with van der Waals surface area (Å²) in [5.41, 5.74) is 2.20. The van der Waals surface area contributed by atoms with Crippen molar-refractivity contribution in [3.05, 3.63) is 46.6 Å². The summed E-state index contributed by atoms with van der Waals surface area (Å²) in [6.07, 6.45) is 3.33. The molecule has 1 aromatic carbocycles. The number of fused-ring (bicyclic) bond motifs is 3. The lowest BCUT2D eigenvalue weighted by atomic mass is 10.3. The maximum Gasteiger partial charge on any atom is 0.170 e. The summed E-state index contributed by atoms with van der Waals surface area (Å²) in [5.74, 6) is 0.687. The van der Waals surface area contributed by atoms with Gasteiger partial charge in [-0.15, -0.1) is 0 Å². The predicted octanol–water partition coefficient (Wildman–Crippen LogP) is 3.08. The van der Waals surface area contributed by atoms with Crippen molar-refractivity contribution in [1.82, 2.24) is 29.4 Å². The minimum absolute atomic E-state index is 0.470. The number of aromatic nitrogens is 6. The highest BCUT2D eigenvalue weighted by Crippen LogP contribution is 2.26. The molecule has 104 valence electrons. The molecule has 0 atom stereocenters. The smallest absolute Gasteiger partial charge is 0.170 e. The van der Waals surface area contributed by atoms with Crippen LogP contribution in [0.15, 0.2) is 30.7 Å². The summed E-state index contributed by atoms with van der Waals surface area (Å²) < 4.78 is 3.33. The second-order valence-electron chi connectivity index (χ2n) is 4.56. The maximum atomic E-state index is 6.06. The standard InChI is InChI=1S/C13H8Cl2N6/c1-7-18-13-9-5-17-21(12(9)16-6-20(13)19-7)8-2-3-10(14)11(15)4-8/h2-6H,1H3. The molecule has 0 bridgehead atoms. The van der Waals surface area contributed by atoms with Crippen molar-refractivity contribution in [2.75, 3.05) is 0 Å². The van der Waals surface area contributed by atoms with Crippen molar-refractivity contribution >= 4 is 39.9 Å². The average molecular weight is 319 g/mol. The van der Waals surface area contributed by atoms with E-state index in [0.717, 1.165) is 16.7 Å². The number of nitrogens with zero attached hydrogens (tertiary/aromatic N) is 6. The predicted molar refractivity (Wildman–Crippen MR) is 80.2 cm³/mol. The second kappa shape index (κ2) is 4.41. The zero-order chi connectivity index (χ0) is 14.6. The van der Waals surface area contributed by atoms with Crippen LogP contribution >= 0.6 is 23.2 Å². The molecule has 0 amide bonds. The van der Waals surface area contributed by atoms with Crippen molar-refractivity contribution < 1.29 is 0 Å². The van der Waals surface area contributed by atoms with E-state index >= 15 is 0 Å². The van der Waals surface area contributed by atoms with Crippen LogP contribution in [0.4, 0.5) is 0 Å². The lowest BCUT2D eigenvalue weighted by Gasteiger charge is -2.04. The lowest BCUT2D eigenvalue weighted by molar-refractivity contribution is 0.876. The number of halogens is 2. The van der Waals surface area contributed by atoms with Crippen LogP contribution in [-0.4, -0.2) is 29.4 Å². The number of benzene rings is 1. The normalized spacial score (nSPS) is 11.6. The molecule has 8 heteroatoms. The average Bonchev–Trinajstić information content (AvgIpc) is 3.03. The number of aryl methyl sites for hydroxylation is 1. The monoisotopic (exact) mass is 318 g/mol. The van der Waals surface area contributed by atoms with E-state index in [1.165, 1.54) is 0 Å². The zero-order valence-electron chi connectivity index (χ0n) is 10.8. The van der Waals surface area contributed by atoms with Crippen LogP contribution in [0.1, 0.15) is 5.82 Å². The molecule has 6 nitrogen and oxygen atoms in total. The van der Waals surface area contributed by atoms with E-state index in [2.05, 4.69) is 20.2 Å². The highest BCUT2D eigenvalue weighted by Gasteiger charge is 2.13.